The molecule has 0 amide bonds. The van der Waals surface area contributed by atoms with E-state index < -0.39 is 22.5 Å². The fourth-order valence-corrected chi connectivity index (χ4v) is 2.77. The van der Waals surface area contributed by atoms with E-state index in [1.54, 1.807) is 31.2 Å². The summed E-state index contributed by atoms with van der Waals surface area (Å²) < 4.78 is 4.89. The van der Waals surface area contributed by atoms with Crippen LogP contribution in [0.1, 0.15) is 27.6 Å². The standard InChI is InChI=1S/C16H13NO6S/c1-2-23-16(20)10-3-5-11(6-4-10)24-12-7-8-13(15(18)19)14(9-12)17(21)22/h3-9H,2H2,1H3,(H,18,19). The highest BCUT2D eigenvalue weighted by molar-refractivity contribution is 7.99. The van der Waals surface area contributed by atoms with Crippen LogP contribution in [0.4, 0.5) is 5.69 Å². The number of ether oxygens (including phenoxy) is 1. The zero-order valence-electron chi connectivity index (χ0n) is 12.6. The van der Waals surface area contributed by atoms with Crippen molar-refractivity contribution in [3.8, 4) is 0 Å². The Balaban J connectivity index is 2.22. The second-order valence-electron chi connectivity index (χ2n) is 4.59. The Morgan fingerprint density at radius 2 is 1.79 bits per heavy atom. The van der Waals surface area contributed by atoms with Crippen LogP contribution in [0.15, 0.2) is 52.3 Å². The van der Waals surface area contributed by atoms with Gasteiger partial charge in [0.1, 0.15) is 5.56 Å². The lowest BCUT2D eigenvalue weighted by atomic mass is 10.2. The lowest BCUT2D eigenvalue weighted by molar-refractivity contribution is -0.385. The van der Waals surface area contributed by atoms with Crippen LogP contribution in [0.5, 0.6) is 0 Å². The van der Waals surface area contributed by atoms with Gasteiger partial charge >= 0.3 is 11.9 Å². The lowest BCUT2D eigenvalue weighted by Gasteiger charge is -2.05. The van der Waals surface area contributed by atoms with Gasteiger partial charge in [-0.1, -0.05) is 11.8 Å². The van der Waals surface area contributed by atoms with E-state index in [4.69, 9.17) is 9.84 Å². The van der Waals surface area contributed by atoms with Crippen LogP contribution in [-0.4, -0.2) is 28.6 Å². The largest absolute Gasteiger partial charge is 0.477 e. The summed E-state index contributed by atoms with van der Waals surface area (Å²) in [7, 11) is 0. The van der Waals surface area contributed by atoms with E-state index in [0.717, 1.165) is 4.90 Å². The van der Waals surface area contributed by atoms with Crippen molar-refractivity contribution < 1.29 is 24.4 Å². The predicted molar refractivity (Wildman–Crippen MR) is 86.6 cm³/mol. The summed E-state index contributed by atoms with van der Waals surface area (Å²) in [5, 5.41) is 20.0. The van der Waals surface area contributed by atoms with Crippen LogP contribution < -0.4 is 0 Å². The summed E-state index contributed by atoms with van der Waals surface area (Å²) in [6.45, 7) is 2.00. The van der Waals surface area contributed by atoms with Gasteiger partial charge in [0.2, 0.25) is 0 Å². The molecule has 0 fully saturated rings. The van der Waals surface area contributed by atoms with Gasteiger partial charge in [0.15, 0.2) is 0 Å². The molecule has 2 rings (SSSR count). The zero-order chi connectivity index (χ0) is 17.7. The van der Waals surface area contributed by atoms with Crippen molar-refractivity contribution >= 4 is 29.4 Å². The molecular formula is C16H13NO6S. The average Bonchev–Trinajstić information content (AvgIpc) is 2.55. The van der Waals surface area contributed by atoms with Gasteiger partial charge < -0.3 is 9.84 Å². The van der Waals surface area contributed by atoms with E-state index in [1.807, 2.05) is 0 Å². The summed E-state index contributed by atoms with van der Waals surface area (Å²) in [6, 6.07) is 10.5. The highest BCUT2D eigenvalue weighted by atomic mass is 32.2. The first-order chi connectivity index (χ1) is 11.4. The molecule has 1 N–H and O–H groups in total. The Morgan fingerprint density at radius 1 is 1.17 bits per heavy atom. The third-order valence-electron chi connectivity index (χ3n) is 3.00. The van der Waals surface area contributed by atoms with Crippen molar-refractivity contribution in [1.29, 1.82) is 0 Å². The van der Waals surface area contributed by atoms with Crippen LogP contribution in [0, 0.1) is 10.1 Å². The molecule has 2 aromatic rings. The first kappa shape index (κ1) is 17.5. The van der Waals surface area contributed by atoms with Gasteiger partial charge in [0.25, 0.3) is 5.69 Å². The van der Waals surface area contributed by atoms with Crippen LogP contribution >= 0.6 is 11.8 Å². The second kappa shape index (κ2) is 7.60. The Bertz CT molecular complexity index is 788. The second-order valence-corrected chi connectivity index (χ2v) is 5.74. The summed E-state index contributed by atoms with van der Waals surface area (Å²) in [4.78, 5) is 34.1. The van der Waals surface area contributed by atoms with Gasteiger partial charge in [-0.25, -0.2) is 9.59 Å². The van der Waals surface area contributed by atoms with Gasteiger partial charge in [-0.2, -0.15) is 0 Å². The van der Waals surface area contributed by atoms with Gasteiger partial charge in [0, 0.05) is 15.9 Å². The first-order valence-corrected chi connectivity index (χ1v) is 7.70. The summed E-state index contributed by atoms with van der Waals surface area (Å²) in [5.74, 6) is -1.77. The minimum Gasteiger partial charge on any atom is -0.477 e. The third-order valence-corrected chi connectivity index (χ3v) is 3.99. The van der Waals surface area contributed by atoms with Crippen molar-refractivity contribution in [2.45, 2.75) is 16.7 Å². The van der Waals surface area contributed by atoms with Crippen molar-refractivity contribution in [2.24, 2.45) is 0 Å². The third kappa shape index (κ3) is 4.11. The van der Waals surface area contributed by atoms with Crippen LogP contribution in [-0.2, 0) is 4.74 Å². The van der Waals surface area contributed by atoms with Gasteiger partial charge in [0.05, 0.1) is 17.1 Å². The maximum absolute atomic E-state index is 11.6. The van der Waals surface area contributed by atoms with E-state index in [9.17, 15) is 19.7 Å². The number of nitro groups is 1. The number of hydrogen-bond donors (Lipinski definition) is 1. The molecule has 0 atom stereocenters. The van der Waals surface area contributed by atoms with Gasteiger partial charge in [-0.05, 0) is 43.3 Å². The number of nitro benzene ring substituents is 1. The molecule has 0 aliphatic carbocycles. The lowest BCUT2D eigenvalue weighted by Crippen LogP contribution is -2.04. The molecule has 24 heavy (non-hydrogen) atoms. The molecule has 0 bridgehead atoms. The molecule has 0 aliphatic heterocycles. The van der Waals surface area contributed by atoms with Crippen molar-refractivity contribution in [1.82, 2.24) is 0 Å². The number of esters is 1. The molecule has 8 heteroatoms. The van der Waals surface area contributed by atoms with E-state index >= 15 is 0 Å². The molecule has 0 aliphatic rings. The molecule has 0 saturated heterocycles. The molecule has 0 aromatic heterocycles. The Hall–Kier alpha value is -2.87. The zero-order valence-corrected chi connectivity index (χ0v) is 13.4. The number of hydrogen-bond acceptors (Lipinski definition) is 6. The van der Waals surface area contributed by atoms with Crippen molar-refractivity contribution in [2.75, 3.05) is 6.61 Å². The van der Waals surface area contributed by atoms with E-state index in [0.29, 0.717) is 10.5 Å². The number of benzene rings is 2. The first-order valence-electron chi connectivity index (χ1n) is 6.89. The molecule has 7 nitrogen and oxygen atoms in total. The fraction of sp³-hybridized carbons (Fsp3) is 0.125. The normalized spacial score (nSPS) is 10.2. The average molecular weight is 347 g/mol. The number of nitrogens with zero attached hydrogens (tertiary/aromatic N) is 1. The summed E-state index contributed by atoms with van der Waals surface area (Å²) >= 11 is 1.22. The maximum Gasteiger partial charge on any atom is 0.342 e. The van der Waals surface area contributed by atoms with Gasteiger partial charge in [-0.15, -0.1) is 0 Å². The molecule has 0 heterocycles. The van der Waals surface area contributed by atoms with E-state index in [1.165, 1.54) is 30.0 Å². The smallest absolute Gasteiger partial charge is 0.342 e. The Morgan fingerprint density at radius 3 is 2.33 bits per heavy atom. The van der Waals surface area contributed by atoms with Crippen molar-refractivity contribution in [3.05, 3.63) is 63.7 Å². The number of carbonyl (C=O) groups is 2. The molecular weight excluding hydrogens is 334 g/mol. The summed E-state index contributed by atoms with van der Waals surface area (Å²) in [6.07, 6.45) is 0. The van der Waals surface area contributed by atoms with E-state index in [2.05, 4.69) is 0 Å². The van der Waals surface area contributed by atoms with Crippen LogP contribution in [0.25, 0.3) is 0 Å². The number of carbonyl (C=O) groups excluding carboxylic acids is 1. The minimum absolute atomic E-state index is 0.287. The highest BCUT2D eigenvalue weighted by Gasteiger charge is 2.20. The Kier molecular flexibility index (Phi) is 5.54. The quantitative estimate of drug-likeness (QED) is 0.483. The minimum atomic E-state index is -1.35. The van der Waals surface area contributed by atoms with E-state index in [-0.39, 0.29) is 12.2 Å². The molecule has 124 valence electrons. The molecule has 2 aromatic carbocycles. The predicted octanol–water partition coefficient (Wildman–Crippen LogP) is 3.62. The summed E-state index contributed by atoms with van der Waals surface area (Å²) in [5.41, 5.74) is -0.411. The van der Waals surface area contributed by atoms with Gasteiger partial charge in [-0.3, -0.25) is 10.1 Å². The number of carboxylic acid groups (broad SMARTS) is 1. The number of rotatable bonds is 6. The maximum atomic E-state index is 11.6. The molecule has 0 saturated carbocycles. The number of aromatic carboxylic acids is 1. The van der Waals surface area contributed by atoms with Crippen LogP contribution in [0.2, 0.25) is 0 Å². The fourth-order valence-electron chi connectivity index (χ4n) is 1.92. The van der Waals surface area contributed by atoms with Crippen LogP contribution in [0.3, 0.4) is 0 Å². The Labute approximate surface area is 141 Å². The van der Waals surface area contributed by atoms with Crippen molar-refractivity contribution in [3.63, 3.8) is 0 Å². The topological polar surface area (TPSA) is 107 Å². The highest BCUT2D eigenvalue weighted by Crippen LogP contribution is 2.32. The SMILES string of the molecule is CCOC(=O)c1ccc(Sc2ccc(C(=O)O)c([N+](=O)[O-])c2)cc1. The monoisotopic (exact) mass is 347 g/mol. The molecule has 0 unspecified atom stereocenters. The molecule has 0 radical (unpaired) electrons. The number of carboxylic acids is 1. The molecule has 0 spiro atoms.